The predicted molar refractivity (Wildman–Crippen MR) is 81.0 cm³/mol. The summed E-state index contributed by atoms with van der Waals surface area (Å²) in [6.07, 6.45) is 5.55. The Bertz CT molecular complexity index is 500. The predicted octanol–water partition coefficient (Wildman–Crippen LogP) is 1.82. The Morgan fingerprint density at radius 1 is 1.29 bits per heavy atom. The zero-order chi connectivity index (χ0) is 15.1. The summed E-state index contributed by atoms with van der Waals surface area (Å²) >= 11 is 0. The van der Waals surface area contributed by atoms with Crippen molar-refractivity contribution >= 4 is 17.8 Å². The molecule has 0 radical (unpaired) electrons. The van der Waals surface area contributed by atoms with Gasteiger partial charge in [0, 0.05) is 25.2 Å². The van der Waals surface area contributed by atoms with Crippen LogP contribution in [-0.2, 0) is 4.79 Å². The lowest BCUT2D eigenvalue weighted by Crippen LogP contribution is -2.36. The number of hydrogen-bond acceptors (Lipinski definition) is 3. The first kappa shape index (κ1) is 15.3. The topological polar surface area (TPSA) is 83.1 Å². The van der Waals surface area contributed by atoms with Gasteiger partial charge in [-0.3, -0.25) is 10.1 Å². The Hall–Kier alpha value is -2.11. The van der Waals surface area contributed by atoms with Crippen molar-refractivity contribution in [2.45, 2.75) is 32.6 Å². The molecule has 0 aromatic carbocycles. The molecule has 0 aliphatic heterocycles. The molecule has 1 fully saturated rings. The van der Waals surface area contributed by atoms with Crippen molar-refractivity contribution in [1.82, 2.24) is 15.6 Å². The van der Waals surface area contributed by atoms with E-state index >= 15 is 0 Å². The largest absolute Gasteiger partial charge is 0.356 e. The second-order valence-electron chi connectivity index (χ2n) is 5.37. The van der Waals surface area contributed by atoms with Crippen LogP contribution in [0.2, 0.25) is 0 Å². The number of rotatable bonds is 6. The molecule has 1 heterocycles. The molecule has 1 aliphatic rings. The van der Waals surface area contributed by atoms with Crippen molar-refractivity contribution in [3.05, 3.63) is 23.9 Å². The minimum absolute atomic E-state index is 0.148. The van der Waals surface area contributed by atoms with Gasteiger partial charge in [-0.2, -0.15) is 0 Å². The summed E-state index contributed by atoms with van der Waals surface area (Å²) in [6, 6.07) is 3.39. The second-order valence-corrected chi connectivity index (χ2v) is 5.37. The van der Waals surface area contributed by atoms with Crippen molar-refractivity contribution in [2.24, 2.45) is 5.92 Å². The third-order valence-corrected chi connectivity index (χ3v) is 3.57. The first-order valence-corrected chi connectivity index (χ1v) is 7.40. The van der Waals surface area contributed by atoms with Crippen molar-refractivity contribution in [3.63, 3.8) is 0 Å². The average molecular weight is 290 g/mol. The van der Waals surface area contributed by atoms with Crippen LogP contribution in [0, 0.1) is 12.8 Å². The Labute approximate surface area is 124 Å². The highest BCUT2D eigenvalue weighted by molar-refractivity contribution is 5.88. The molecule has 21 heavy (non-hydrogen) atoms. The summed E-state index contributed by atoms with van der Waals surface area (Å²) in [7, 11) is 0. The van der Waals surface area contributed by atoms with Gasteiger partial charge >= 0.3 is 6.03 Å². The first-order chi connectivity index (χ1) is 10.1. The SMILES string of the molecule is Cc1ccnc(NC(=O)NCCCNC(=O)C2CCC2)c1. The number of pyridine rings is 1. The molecule has 1 aromatic heterocycles. The summed E-state index contributed by atoms with van der Waals surface area (Å²) in [6.45, 7) is 3.05. The Morgan fingerprint density at radius 2 is 2.05 bits per heavy atom. The Kier molecular flexibility index (Phi) is 5.54. The van der Waals surface area contributed by atoms with Gasteiger partial charge in [-0.1, -0.05) is 6.42 Å². The number of carbonyl (C=O) groups is 2. The standard InChI is InChI=1S/C15H22N4O2/c1-11-6-9-16-13(10-11)19-15(21)18-8-3-7-17-14(20)12-4-2-5-12/h6,9-10,12H,2-5,7-8H2,1H3,(H,17,20)(H2,16,18,19,21). The molecule has 1 aromatic rings. The van der Waals surface area contributed by atoms with Gasteiger partial charge in [0.15, 0.2) is 0 Å². The zero-order valence-electron chi connectivity index (χ0n) is 12.3. The van der Waals surface area contributed by atoms with Crippen molar-refractivity contribution in [2.75, 3.05) is 18.4 Å². The first-order valence-electron chi connectivity index (χ1n) is 7.40. The zero-order valence-corrected chi connectivity index (χ0v) is 12.3. The van der Waals surface area contributed by atoms with Gasteiger partial charge in [0.25, 0.3) is 0 Å². The van der Waals surface area contributed by atoms with E-state index in [1.165, 1.54) is 0 Å². The summed E-state index contributed by atoms with van der Waals surface area (Å²) in [4.78, 5) is 27.3. The number of aryl methyl sites for hydroxylation is 1. The molecule has 6 nitrogen and oxygen atoms in total. The molecule has 0 bridgehead atoms. The highest BCUT2D eigenvalue weighted by Gasteiger charge is 2.24. The Balaban J connectivity index is 1.55. The third-order valence-electron chi connectivity index (χ3n) is 3.57. The molecule has 0 spiro atoms. The smallest absolute Gasteiger partial charge is 0.320 e. The number of aromatic nitrogens is 1. The summed E-state index contributed by atoms with van der Waals surface area (Å²) < 4.78 is 0. The van der Waals surface area contributed by atoms with Crippen LogP contribution in [0.3, 0.4) is 0 Å². The van der Waals surface area contributed by atoms with E-state index in [9.17, 15) is 9.59 Å². The van der Waals surface area contributed by atoms with E-state index in [4.69, 9.17) is 0 Å². The van der Waals surface area contributed by atoms with E-state index in [2.05, 4.69) is 20.9 Å². The number of nitrogens with one attached hydrogen (secondary N) is 3. The maximum Gasteiger partial charge on any atom is 0.320 e. The summed E-state index contributed by atoms with van der Waals surface area (Å²) in [5, 5.41) is 8.30. The monoisotopic (exact) mass is 290 g/mol. The molecular formula is C15H22N4O2. The number of nitrogens with zero attached hydrogens (tertiary/aromatic N) is 1. The fourth-order valence-corrected chi connectivity index (χ4v) is 2.08. The number of hydrogen-bond donors (Lipinski definition) is 3. The second kappa shape index (κ2) is 7.61. The molecule has 3 amide bonds. The maximum atomic E-state index is 11.6. The van der Waals surface area contributed by atoms with E-state index in [1.54, 1.807) is 12.3 Å². The van der Waals surface area contributed by atoms with Crippen LogP contribution in [0.25, 0.3) is 0 Å². The van der Waals surface area contributed by atoms with Gasteiger partial charge in [-0.15, -0.1) is 0 Å². The summed E-state index contributed by atoms with van der Waals surface area (Å²) in [5.74, 6) is 0.897. The number of carbonyl (C=O) groups excluding carboxylic acids is 2. The minimum atomic E-state index is -0.279. The number of anilines is 1. The fraction of sp³-hybridized carbons (Fsp3) is 0.533. The lowest BCUT2D eigenvalue weighted by Gasteiger charge is -2.23. The molecule has 6 heteroatoms. The molecule has 114 valence electrons. The fourth-order valence-electron chi connectivity index (χ4n) is 2.08. The normalized spacial score (nSPS) is 14.1. The summed E-state index contributed by atoms with van der Waals surface area (Å²) in [5.41, 5.74) is 1.04. The molecular weight excluding hydrogens is 268 g/mol. The maximum absolute atomic E-state index is 11.6. The highest BCUT2D eigenvalue weighted by atomic mass is 16.2. The number of urea groups is 1. The van der Waals surface area contributed by atoms with Gasteiger partial charge in [-0.05, 0) is 43.9 Å². The van der Waals surface area contributed by atoms with Gasteiger partial charge in [0.1, 0.15) is 5.82 Å². The van der Waals surface area contributed by atoms with Crippen LogP contribution in [0.5, 0.6) is 0 Å². The lowest BCUT2D eigenvalue weighted by atomic mass is 9.85. The molecule has 0 atom stereocenters. The Morgan fingerprint density at radius 3 is 2.71 bits per heavy atom. The van der Waals surface area contributed by atoms with Crippen molar-refractivity contribution < 1.29 is 9.59 Å². The van der Waals surface area contributed by atoms with E-state index in [1.807, 2.05) is 13.0 Å². The van der Waals surface area contributed by atoms with Gasteiger partial charge in [-0.25, -0.2) is 9.78 Å². The average Bonchev–Trinajstić information content (AvgIpc) is 2.36. The van der Waals surface area contributed by atoms with Crippen LogP contribution < -0.4 is 16.0 Å². The third kappa shape index (κ3) is 5.06. The van der Waals surface area contributed by atoms with Crippen LogP contribution in [0.1, 0.15) is 31.2 Å². The van der Waals surface area contributed by atoms with Crippen LogP contribution >= 0.6 is 0 Å². The van der Waals surface area contributed by atoms with Crippen LogP contribution in [0.4, 0.5) is 10.6 Å². The van der Waals surface area contributed by atoms with Gasteiger partial charge in [0.05, 0.1) is 0 Å². The van der Waals surface area contributed by atoms with Gasteiger partial charge in [0.2, 0.25) is 5.91 Å². The van der Waals surface area contributed by atoms with E-state index in [0.29, 0.717) is 25.3 Å². The van der Waals surface area contributed by atoms with Crippen molar-refractivity contribution in [3.8, 4) is 0 Å². The van der Waals surface area contributed by atoms with E-state index in [-0.39, 0.29) is 17.9 Å². The number of amides is 3. The minimum Gasteiger partial charge on any atom is -0.356 e. The molecule has 1 aliphatic carbocycles. The molecule has 2 rings (SSSR count). The van der Waals surface area contributed by atoms with E-state index < -0.39 is 0 Å². The highest BCUT2D eigenvalue weighted by Crippen LogP contribution is 2.25. The van der Waals surface area contributed by atoms with Gasteiger partial charge < -0.3 is 10.6 Å². The molecule has 0 saturated heterocycles. The quantitative estimate of drug-likeness (QED) is 0.699. The van der Waals surface area contributed by atoms with Crippen molar-refractivity contribution in [1.29, 1.82) is 0 Å². The molecule has 0 unspecified atom stereocenters. The van der Waals surface area contributed by atoms with Crippen LogP contribution in [-0.4, -0.2) is 30.0 Å². The molecule has 1 saturated carbocycles. The van der Waals surface area contributed by atoms with Crippen LogP contribution in [0.15, 0.2) is 18.3 Å². The lowest BCUT2D eigenvalue weighted by molar-refractivity contribution is -0.127. The van der Waals surface area contributed by atoms with E-state index in [0.717, 1.165) is 24.8 Å². The molecule has 3 N–H and O–H groups in total.